The summed E-state index contributed by atoms with van der Waals surface area (Å²) in [6, 6.07) is -1.26. The molecular weight excluding hydrogens is 232 g/mol. The smallest absolute Gasteiger partial charge is 0.332 e. The van der Waals surface area contributed by atoms with E-state index in [1.165, 1.54) is 4.90 Å². The molecule has 1 heterocycles. The van der Waals surface area contributed by atoms with Gasteiger partial charge in [0.2, 0.25) is 0 Å². The van der Waals surface area contributed by atoms with Gasteiger partial charge in [-0.15, -0.1) is 0 Å². The van der Waals surface area contributed by atoms with Gasteiger partial charge in [0.1, 0.15) is 0 Å². The van der Waals surface area contributed by atoms with Crippen LogP contribution in [0.1, 0.15) is 6.92 Å². The maximum absolute atomic E-state index is 11.7. The van der Waals surface area contributed by atoms with Gasteiger partial charge < -0.3 is 15.4 Å². The lowest BCUT2D eigenvalue weighted by Gasteiger charge is -2.27. The van der Waals surface area contributed by atoms with Crippen molar-refractivity contribution in [2.45, 2.75) is 13.0 Å². The predicted octanol–water partition coefficient (Wildman–Crippen LogP) is -1.53. The molecule has 1 amide bonds. The number of ether oxygens (including phenoxy) is 1. The Morgan fingerprint density at radius 3 is 2.50 bits per heavy atom. The van der Waals surface area contributed by atoms with Crippen molar-refractivity contribution < 1.29 is 18.5 Å². The van der Waals surface area contributed by atoms with Crippen LogP contribution in [0.4, 0.5) is 0 Å². The van der Waals surface area contributed by atoms with E-state index in [1.54, 1.807) is 6.92 Å². The van der Waals surface area contributed by atoms with Gasteiger partial charge in [0, 0.05) is 35.4 Å². The van der Waals surface area contributed by atoms with Gasteiger partial charge in [-0.1, -0.05) is 0 Å². The van der Waals surface area contributed by atoms with Gasteiger partial charge in [0.05, 0.1) is 6.61 Å². The zero-order valence-corrected chi connectivity index (χ0v) is 10.00. The van der Waals surface area contributed by atoms with Crippen LogP contribution in [0.25, 0.3) is 0 Å². The molecule has 1 atom stereocenters. The summed E-state index contributed by atoms with van der Waals surface area (Å²) in [6.45, 7) is 2.63. The average Bonchev–Trinajstić information content (AvgIpc) is 2.28. The molecule has 0 aliphatic carbocycles. The normalized spacial score (nSPS) is 19.2. The van der Waals surface area contributed by atoms with Crippen molar-refractivity contribution in [1.29, 1.82) is 0 Å². The van der Waals surface area contributed by atoms with Crippen LogP contribution in [-0.2, 0) is 25.1 Å². The number of nitrogens with two attached hydrogens (primary N) is 1. The Bertz CT molecular complexity index is 298. The highest BCUT2D eigenvalue weighted by Gasteiger charge is 2.30. The Hall–Kier alpha value is -0.950. The fourth-order valence-electron chi connectivity index (χ4n) is 1.39. The lowest BCUT2D eigenvalue weighted by Crippen LogP contribution is -2.52. The van der Waals surface area contributed by atoms with Crippen molar-refractivity contribution in [2.75, 3.05) is 31.2 Å². The standard InChI is InChI=1S/C9H16N2O4S/c1-2-15-9(13)7(10)8(12)11-3-5-16(14)6-4-11/h7H,2-6,10H2,1H3. The summed E-state index contributed by atoms with van der Waals surface area (Å²) in [5.74, 6) is -0.267. The summed E-state index contributed by atoms with van der Waals surface area (Å²) < 4.78 is 15.8. The Morgan fingerprint density at radius 2 is 2.00 bits per heavy atom. The van der Waals surface area contributed by atoms with E-state index in [4.69, 9.17) is 5.73 Å². The Balaban J connectivity index is 2.50. The molecule has 1 unspecified atom stereocenters. The van der Waals surface area contributed by atoms with Crippen LogP contribution in [0.15, 0.2) is 0 Å². The Kier molecular flexibility index (Phi) is 4.88. The van der Waals surface area contributed by atoms with Crippen molar-refractivity contribution in [2.24, 2.45) is 5.73 Å². The van der Waals surface area contributed by atoms with Crippen LogP contribution in [0.2, 0.25) is 0 Å². The lowest BCUT2D eigenvalue weighted by molar-refractivity contribution is -0.150. The minimum atomic E-state index is -1.26. The summed E-state index contributed by atoms with van der Waals surface area (Å²) in [5, 5.41) is 0. The number of nitrogens with zero attached hydrogens (tertiary/aromatic N) is 1. The molecule has 0 spiro atoms. The van der Waals surface area contributed by atoms with Gasteiger partial charge in [-0.3, -0.25) is 9.00 Å². The van der Waals surface area contributed by atoms with E-state index in [-0.39, 0.29) is 6.61 Å². The molecule has 2 N–H and O–H groups in total. The van der Waals surface area contributed by atoms with E-state index >= 15 is 0 Å². The molecule has 0 saturated carbocycles. The van der Waals surface area contributed by atoms with E-state index in [0.717, 1.165) is 0 Å². The Labute approximate surface area is 96.6 Å². The van der Waals surface area contributed by atoms with Crippen molar-refractivity contribution in [1.82, 2.24) is 4.90 Å². The van der Waals surface area contributed by atoms with Crippen molar-refractivity contribution in [3.63, 3.8) is 0 Å². The van der Waals surface area contributed by atoms with Gasteiger partial charge in [-0.25, -0.2) is 4.79 Å². The molecule has 0 bridgehead atoms. The maximum atomic E-state index is 11.7. The fraction of sp³-hybridized carbons (Fsp3) is 0.778. The van der Waals surface area contributed by atoms with Crippen LogP contribution in [-0.4, -0.2) is 58.2 Å². The number of rotatable bonds is 3. The van der Waals surface area contributed by atoms with Gasteiger partial charge in [0.25, 0.3) is 5.91 Å². The highest BCUT2D eigenvalue weighted by Crippen LogP contribution is 2.03. The van der Waals surface area contributed by atoms with Crippen LogP contribution >= 0.6 is 0 Å². The number of carbonyl (C=O) groups is 2. The first kappa shape index (κ1) is 13.1. The first-order chi connectivity index (χ1) is 7.56. The molecule has 7 heteroatoms. The van der Waals surface area contributed by atoms with Crippen LogP contribution in [0.3, 0.4) is 0 Å². The number of hydrogen-bond acceptors (Lipinski definition) is 5. The molecule has 0 radical (unpaired) electrons. The molecule has 1 rings (SSSR count). The first-order valence-corrected chi connectivity index (χ1v) is 6.61. The molecule has 16 heavy (non-hydrogen) atoms. The lowest BCUT2D eigenvalue weighted by atomic mass is 10.2. The fourth-order valence-corrected chi connectivity index (χ4v) is 2.44. The monoisotopic (exact) mass is 248 g/mol. The summed E-state index contributed by atoms with van der Waals surface area (Å²) in [6.07, 6.45) is 0. The summed E-state index contributed by atoms with van der Waals surface area (Å²) >= 11 is 0. The summed E-state index contributed by atoms with van der Waals surface area (Å²) in [7, 11) is -0.856. The van der Waals surface area contributed by atoms with Crippen molar-refractivity contribution in [3.8, 4) is 0 Å². The highest BCUT2D eigenvalue weighted by atomic mass is 32.2. The van der Waals surface area contributed by atoms with E-state index in [2.05, 4.69) is 4.74 Å². The van der Waals surface area contributed by atoms with E-state index < -0.39 is 28.7 Å². The largest absolute Gasteiger partial charge is 0.464 e. The first-order valence-electron chi connectivity index (χ1n) is 5.12. The molecule has 0 aromatic rings. The molecule has 1 fully saturated rings. The topological polar surface area (TPSA) is 89.7 Å². The van der Waals surface area contributed by atoms with Crippen molar-refractivity contribution >= 4 is 22.7 Å². The molecule has 6 nitrogen and oxygen atoms in total. The second kappa shape index (κ2) is 5.95. The van der Waals surface area contributed by atoms with Crippen LogP contribution in [0.5, 0.6) is 0 Å². The second-order valence-electron chi connectivity index (χ2n) is 3.40. The third-order valence-electron chi connectivity index (χ3n) is 2.30. The third kappa shape index (κ3) is 3.28. The molecule has 0 aromatic carbocycles. The van der Waals surface area contributed by atoms with E-state index in [9.17, 15) is 13.8 Å². The van der Waals surface area contributed by atoms with Crippen LogP contribution < -0.4 is 5.73 Å². The highest BCUT2D eigenvalue weighted by molar-refractivity contribution is 7.85. The van der Waals surface area contributed by atoms with E-state index in [1.807, 2.05) is 0 Å². The molecule has 1 aliphatic rings. The van der Waals surface area contributed by atoms with E-state index in [0.29, 0.717) is 24.6 Å². The number of amides is 1. The molecular formula is C9H16N2O4S. The predicted molar refractivity (Wildman–Crippen MR) is 59.1 cm³/mol. The third-order valence-corrected chi connectivity index (χ3v) is 3.57. The second-order valence-corrected chi connectivity index (χ2v) is 5.10. The SMILES string of the molecule is CCOC(=O)C(N)C(=O)N1CCS(=O)CC1. The average molecular weight is 248 g/mol. The minimum absolute atomic E-state index is 0.198. The zero-order valence-electron chi connectivity index (χ0n) is 9.18. The Morgan fingerprint density at radius 1 is 1.44 bits per heavy atom. The molecule has 92 valence electrons. The number of carbonyl (C=O) groups excluding carboxylic acids is 2. The van der Waals surface area contributed by atoms with Gasteiger partial charge >= 0.3 is 5.97 Å². The molecule has 0 aromatic heterocycles. The minimum Gasteiger partial charge on any atom is -0.464 e. The van der Waals surface area contributed by atoms with Crippen molar-refractivity contribution in [3.05, 3.63) is 0 Å². The maximum Gasteiger partial charge on any atom is 0.332 e. The molecule has 1 saturated heterocycles. The quantitative estimate of drug-likeness (QED) is 0.483. The summed E-state index contributed by atoms with van der Waals surface area (Å²) in [5.41, 5.74) is 5.47. The zero-order chi connectivity index (χ0) is 12.1. The number of esters is 1. The van der Waals surface area contributed by atoms with Gasteiger partial charge in [-0.05, 0) is 6.92 Å². The van der Waals surface area contributed by atoms with Gasteiger partial charge in [0.15, 0.2) is 6.04 Å². The van der Waals surface area contributed by atoms with Gasteiger partial charge in [-0.2, -0.15) is 0 Å². The summed E-state index contributed by atoms with van der Waals surface area (Å²) in [4.78, 5) is 24.4. The molecule has 1 aliphatic heterocycles. The number of hydrogen-bond donors (Lipinski definition) is 1. The van der Waals surface area contributed by atoms with Crippen LogP contribution in [0, 0.1) is 0 Å².